The summed E-state index contributed by atoms with van der Waals surface area (Å²) < 4.78 is 24.3. The van der Waals surface area contributed by atoms with E-state index in [1.54, 1.807) is 6.08 Å². The van der Waals surface area contributed by atoms with Crippen LogP contribution in [0.4, 0.5) is 10.1 Å². The lowest BCUT2D eigenvalue weighted by Crippen LogP contribution is -2.13. The summed E-state index contributed by atoms with van der Waals surface area (Å²) in [6.45, 7) is 4.55. The van der Waals surface area contributed by atoms with E-state index in [1.165, 1.54) is 18.2 Å². The highest BCUT2D eigenvalue weighted by molar-refractivity contribution is 6.02. The fraction of sp³-hybridized carbons (Fsp3) is 0.250. The first-order valence-corrected chi connectivity index (χ1v) is 8.15. The molecule has 0 bridgehead atoms. The van der Waals surface area contributed by atoms with Crippen LogP contribution in [0.15, 0.2) is 42.5 Å². The van der Waals surface area contributed by atoms with Gasteiger partial charge in [-0.25, -0.2) is 4.39 Å². The molecule has 1 N–H and O–H groups in total. The number of hydrogen-bond donors (Lipinski definition) is 1. The zero-order valence-electron chi connectivity index (χ0n) is 14.2. The average Bonchev–Trinajstić information content (AvgIpc) is 2.59. The van der Waals surface area contributed by atoms with E-state index in [4.69, 9.17) is 9.47 Å². The lowest BCUT2D eigenvalue weighted by molar-refractivity contribution is -0.111. The molecule has 2 aromatic rings. The average molecular weight is 341 g/mol. The zero-order chi connectivity index (χ0) is 17.8. The van der Waals surface area contributed by atoms with E-state index >= 15 is 0 Å². The second kappa shape index (κ2) is 7.49. The number of amides is 1. The van der Waals surface area contributed by atoms with E-state index in [-0.39, 0.29) is 12.7 Å². The predicted molar refractivity (Wildman–Crippen MR) is 94.9 cm³/mol. The Morgan fingerprint density at radius 1 is 1.28 bits per heavy atom. The van der Waals surface area contributed by atoms with Gasteiger partial charge in [-0.05, 0) is 35.8 Å². The minimum Gasteiger partial charge on any atom is -0.467 e. The highest BCUT2D eigenvalue weighted by Gasteiger charge is 2.16. The number of benzene rings is 2. The first kappa shape index (κ1) is 17.2. The molecule has 0 saturated carbocycles. The maximum Gasteiger partial charge on any atom is 0.248 e. The lowest BCUT2D eigenvalue weighted by atomic mass is 10.0. The van der Waals surface area contributed by atoms with Gasteiger partial charge in [0, 0.05) is 22.9 Å². The number of nitrogens with one attached hydrogen (secondary N) is 1. The number of rotatable bonds is 4. The molecule has 4 nitrogen and oxygen atoms in total. The molecule has 0 spiro atoms. The van der Waals surface area contributed by atoms with Crippen molar-refractivity contribution in [3.8, 4) is 5.75 Å². The van der Waals surface area contributed by atoms with Crippen LogP contribution < -0.4 is 10.1 Å². The normalized spacial score (nSPS) is 13.6. The molecule has 25 heavy (non-hydrogen) atoms. The number of carbonyl (C=O) groups excluding carboxylic acids is 1. The van der Waals surface area contributed by atoms with Gasteiger partial charge in [-0.15, -0.1) is 0 Å². The summed E-state index contributed by atoms with van der Waals surface area (Å²) in [5.74, 6) is 0.180. The summed E-state index contributed by atoms with van der Waals surface area (Å²) in [4.78, 5) is 12.3. The van der Waals surface area contributed by atoms with E-state index in [9.17, 15) is 9.18 Å². The molecule has 1 aliphatic rings. The van der Waals surface area contributed by atoms with Crippen molar-refractivity contribution in [3.05, 3.63) is 65.0 Å². The summed E-state index contributed by atoms with van der Waals surface area (Å²) in [6, 6.07) is 10.4. The molecule has 0 saturated heterocycles. The van der Waals surface area contributed by atoms with Crippen LogP contribution in [0.1, 0.15) is 36.5 Å². The Hall–Kier alpha value is -2.66. The standard InChI is InChI=1S/C20H20FNO3/c1-13(2)17-5-3-4-6-18(17)22-19(23)8-7-14-9-16(21)10-15-11-24-12-25-20(14)15/h3-10,13H,11-12H2,1-2H3,(H,22,23)/b8-7+. The van der Waals surface area contributed by atoms with Crippen molar-refractivity contribution in [2.75, 3.05) is 12.1 Å². The van der Waals surface area contributed by atoms with Gasteiger partial charge in [0.25, 0.3) is 0 Å². The molecular weight excluding hydrogens is 321 g/mol. The van der Waals surface area contributed by atoms with Gasteiger partial charge in [-0.2, -0.15) is 0 Å². The third kappa shape index (κ3) is 4.06. The van der Waals surface area contributed by atoms with Crippen LogP contribution in [-0.2, 0) is 16.1 Å². The molecule has 0 aliphatic carbocycles. The van der Waals surface area contributed by atoms with Gasteiger partial charge in [0.15, 0.2) is 6.79 Å². The lowest BCUT2D eigenvalue weighted by Gasteiger charge is -2.19. The van der Waals surface area contributed by atoms with Crippen LogP contribution in [0, 0.1) is 5.82 Å². The van der Waals surface area contributed by atoms with Gasteiger partial charge in [0.2, 0.25) is 5.91 Å². The number of ether oxygens (including phenoxy) is 2. The van der Waals surface area contributed by atoms with Crippen LogP contribution >= 0.6 is 0 Å². The van der Waals surface area contributed by atoms with Gasteiger partial charge in [-0.3, -0.25) is 4.79 Å². The quantitative estimate of drug-likeness (QED) is 0.835. The predicted octanol–water partition coefficient (Wildman–Crippen LogP) is 4.47. The smallest absolute Gasteiger partial charge is 0.248 e. The van der Waals surface area contributed by atoms with Crippen LogP contribution in [0.3, 0.4) is 0 Å². The van der Waals surface area contributed by atoms with Crippen molar-refractivity contribution in [3.63, 3.8) is 0 Å². The highest BCUT2D eigenvalue weighted by atomic mass is 19.1. The Bertz CT molecular complexity index is 815. The Balaban J connectivity index is 1.79. The fourth-order valence-electron chi connectivity index (χ4n) is 2.79. The summed E-state index contributed by atoms with van der Waals surface area (Å²) >= 11 is 0. The second-order valence-electron chi connectivity index (χ2n) is 6.16. The maximum absolute atomic E-state index is 13.7. The SMILES string of the molecule is CC(C)c1ccccc1NC(=O)/C=C/c1cc(F)cc2c1OCOC2. The van der Waals surface area contributed by atoms with Crippen molar-refractivity contribution in [1.29, 1.82) is 0 Å². The van der Waals surface area contributed by atoms with Gasteiger partial charge in [0.1, 0.15) is 11.6 Å². The molecule has 130 valence electrons. The monoisotopic (exact) mass is 341 g/mol. The van der Waals surface area contributed by atoms with Crippen molar-refractivity contribution in [2.24, 2.45) is 0 Å². The zero-order valence-corrected chi connectivity index (χ0v) is 14.2. The second-order valence-corrected chi connectivity index (χ2v) is 6.16. The molecule has 2 aromatic carbocycles. The summed E-state index contributed by atoms with van der Waals surface area (Å²) in [5, 5.41) is 2.87. The molecule has 0 unspecified atom stereocenters. The minimum atomic E-state index is -0.391. The molecule has 0 atom stereocenters. The number of halogens is 1. The molecule has 5 heteroatoms. The molecule has 1 aliphatic heterocycles. The third-order valence-electron chi connectivity index (χ3n) is 3.96. The van der Waals surface area contributed by atoms with Gasteiger partial charge in [0.05, 0.1) is 6.61 Å². The van der Waals surface area contributed by atoms with Crippen molar-refractivity contribution < 1.29 is 18.7 Å². The molecule has 0 aromatic heterocycles. The van der Waals surface area contributed by atoms with E-state index in [0.717, 1.165) is 11.3 Å². The third-order valence-corrected chi connectivity index (χ3v) is 3.96. The van der Waals surface area contributed by atoms with Gasteiger partial charge in [-0.1, -0.05) is 32.0 Å². The number of para-hydroxylation sites is 1. The topological polar surface area (TPSA) is 47.6 Å². The molecule has 3 rings (SSSR count). The fourth-order valence-corrected chi connectivity index (χ4v) is 2.79. The van der Waals surface area contributed by atoms with Gasteiger partial charge >= 0.3 is 0 Å². The summed E-state index contributed by atoms with van der Waals surface area (Å²) in [6.07, 6.45) is 2.94. The summed E-state index contributed by atoms with van der Waals surface area (Å²) in [5.41, 5.74) is 2.99. The molecule has 0 fully saturated rings. The minimum absolute atomic E-state index is 0.118. The van der Waals surface area contributed by atoms with Gasteiger partial charge < -0.3 is 14.8 Å². The Labute approximate surface area is 146 Å². The van der Waals surface area contributed by atoms with Crippen molar-refractivity contribution in [1.82, 2.24) is 0 Å². The summed E-state index contributed by atoms with van der Waals surface area (Å²) in [7, 11) is 0. The first-order valence-electron chi connectivity index (χ1n) is 8.15. The van der Waals surface area contributed by atoms with E-state index in [0.29, 0.717) is 29.4 Å². The van der Waals surface area contributed by atoms with E-state index in [1.807, 2.05) is 24.3 Å². The van der Waals surface area contributed by atoms with Crippen LogP contribution in [0.5, 0.6) is 5.75 Å². The number of hydrogen-bond acceptors (Lipinski definition) is 3. The van der Waals surface area contributed by atoms with Crippen LogP contribution in [0.25, 0.3) is 6.08 Å². The molecule has 1 amide bonds. The van der Waals surface area contributed by atoms with Crippen LogP contribution in [-0.4, -0.2) is 12.7 Å². The largest absolute Gasteiger partial charge is 0.467 e. The van der Waals surface area contributed by atoms with Crippen molar-refractivity contribution in [2.45, 2.75) is 26.4 Å². The Morgan fingerprint density at radius 2 is 2.08 bits per heavy atom. The molecule has 1 heterocycles. The Kier molecular flexibility index (Phi) is 5.14. The van der Waals surface area contributed by atoms with Crippen LogP contribution in [0.2, 0.25) is 0 Å². The molecule has 0 radical (unpaired) electrons. The highest BCUT2D eigenvalue weighted by Crippen LogP contribution is 2.30. The van der Waals surface area contributed by atoms with E-state index < -0.39 is 5.82 Å². The maximum atomic E-state index is 13.7. The molecular formula is C20H20FNO3. The first-order chi connectivity index (χ1) is 12.0. The number of fused-ring (bicyclic) bond motifs is 1. The van der Waals surface area contributed by atoms with E-state index in [2.05, 4.69) is 19.2 Å². The van der Waals surface area contributed by atoms with Crippen molar-refractivity contribution >= 4 is 17.7 Å². The number of carbonyl (C=O) groups is 1. The number of anilines is 1. The Morgan fingerprint density at radius 3 is 2.88 bits per heavy atom.